The average Bonchev–Trinajstić information content (AvgIpc) is 2.81. The second kappa shape index (κ2) is 5.82. The molecule has 2 aromatic carbocycles. The van der Waals surface area contributed by atoms with Crippen LogP contribution in [-0.4, -0.2) is 14.4 Å². The second-order valence-corrected chi connectivity index (χ2v) is 7.45. The molecule has 0 saturated heterocycles. The number of sulfonamides is 1. The molecule has 6 nitrogen and oxygen atoms in total. The number of para-hydroxylation sites is 1. The molecule has 0 atom stereocenters. The molecule has 3 N–H and O–H groups in total. The fourth-order valence-corrected chi connectivity index (χ4v) is 3.87. The molecule has 1 aliphatic heterocycles. The average molecular weight is 400 g/mol. The lowest BCUT2D eigenvalue weighted by Gasteiger charge is -2.12. The van der Waals surface area contributed by atoms with E-state index in [1.54, 1.807) is 24.3 Å². The van der Waals surface area contributed by atoms with Crippen LogP contribution in [0.3, 0.4) is 0 Å². The highest BCUT2D eigenvalue weighted by Crippen LogP contribution is 2.36. The van der Waals surface area contributed by atoms with Crippen LogP contribution < -0.4 is 15.4 Å². The summed E-state index contributed by atoms with van der Waals surface area (Å²) >= 11 is 3.30. The van der Waals surface area contributed by atoms with E-state index in [0.717, 1.165) is 6.07 Å². The first-order valence-electron chi connectivity index (χ1n) is 6.50. The number of hydrogen-bond acceptors (Lipinski definition) is 3. The van der Waals surface area contributed by atoms with Crippen LogP contribution in [0.15, 0.2) is 40.9 Å². The van der Waals surface area contributed by atoms with Crippen LogP contribution in [0.25, 0.3) is 0 Å². The highest BCUT2D eigenvalue weighted by molar-refractivity contribution is 9.10. The zero-order chi connectivity index (χ0) is 16.6. The predicted molar refractivity (Wildman–Crippen MR) is 89.4 cm³/mol. The lowest BCUT2D eigenvalue weighted by Crippen LogP contribution is -2.20. The van der Waals surface area contributed by atoms with Gasteiger partial charge in [-0.2, -0.15) is 0 Å². The predicted octanol–water partition coefficient (Wildman–Crippen LogP) is 3.49. The van der Waals surface area contributed by atoms with E-state index < -0.39 is 27.6 Å². The van der Waals surface area contributed by atoms with Crippen molar-refractivity contribution in [3.05, 3.63) is 52.3 Å². The molecule has 0 aromatic heterocycles. The Balaban J connectivity index is 1.84. The van der Waals surface area contributed by atoms with Gasteiger partial charge in [0.25, 0.3) is 0 Å². The summed E-state index contributed by atoms with van der Waals surface area (Å²) in [7, 11) is -3.62. The molecule has 1 aliphatic rings. The molecule has 0 aliphatic carbocycles. The van der Waals surface area contributed by atoms with Crippen molar-refractivity contribution in [3.8, 4) is 0 Å². The summed E-state index contributed by atoms with van der Waals surface area (Å²) < 4.78 is 39.9. The molecule has 3 rings (SSSR count). The van der Waals surface area contributed by atoms with Crippen LogP contribution in [0.5, 0.6) is 0 Å². The summed E-state index contributed by atoms with van der Waals surface area (Å²) in [6, 6.07) is 8.87. The molecular weight excluding hydrogens is 389 g/mol. The minimum absolute atomic E-state index is 0.0173. The van der Waals surface area contributed by atoms with Gasteiger partial charge in [-0.15, -0.1) is 0 Å². The molecule has 0 radical (unpaired) electrons. The number of carbonyl (C=O) groups excluding carboxylic acids is 1. The third-order valence-corrected chi connectivity index (χ3v) is 5.09. The van der Waals surface area contributed by atoms with Crippen molar-refractivity contribution < 1.29 is 17.6 Å². The van der Waals surface area contributed by atoms with Crippen LogP contribution in [0.4, 0.5) is 26.2 Å². The van der Waals surface area contributed by atoms with Gasteiger partial charge < -0.3 is 10.6 Å². The zero-order valence-electron chi connectivity index (χ0n) is 11.6. The Bertz CT molecular complexity index is 902. The number of amides is 2. The minimum Gasteiger partial charge on any atom is -0.307 e. The third-order valence-electron chi connectivity index (χ3n) is 3.22. The molecule has 2 amide bonds. The summed E-state index contributed by atoms with van der Waals surface area (Å²) in [6.07, 6.45) is 0. The van der Waals surface area contributed by atoms with Gasteiger partial charge in [-0.25, -0.2) is 17.6 Å². The number of halogens is 2. The van der Waals surface area contributed by atoms with Gasteiger partial charge >= 0.3 is 6.03 Å². The van der Waals surface area contributed by atoms with Crippen molar-refractivity contribution in [1.29, 1.82) is 0 Å². The molecule has 9 heteroatoms. The van der Waals surface area contributed by atoms with Crippen molar-refractivity contribution in [1.82, 2.24) is 0 Å². The maximum Gasteiger partial charge on any atom is 0.323 e. The van der Waals surface area contributed by atoms with Gasteiger partial charge in [0.15, 0.2) is 0 Å². The van der Waals surface area contributed by atoms with Crippen molar-refractivity contribution in [2.24, 2.45) is 0 Å². The number of anilines is 3. The fourth-order valence-electron chi connectivity index (χ4n) is 2.20. The Hall–Kier alpha value is -2.13. The van der Waals surface area contributed by atoms with Gasteiger partial charge in [-0.05, 0) is 40.2 Å². The molecule has 0 unspecified atom stereocenters. The Morgan fingerprint density at radius 3 is 2.57 bits per heavy atom. The number of rotatable bonds is 2. The molecule has 23 heavy (non-hydrogen) atoms. The highest BCUT2D eigenvalue weighted by Gasteiger charge is 2.29. The maximum atomic E-state index is 13.7. The van der Waals surface area contributed by atoms with Crippen LogP contribution in [0, 0.1) is 5.82 Å². The highest BCUT2D eigenvalue weighted by atomic mass is 79.9. The summed E-state index contributed by atoms with van der Waals surface area (Å²) in [6.45, 7) is 0. The van der Waals surface area contributed by atoms with E-state index in [1.165, 1.54) is 6.07 Å². The molecule has 1 heterocycles. The van der Waals surface area contributed by atoms with E-state index in [2.05, 4.69) is 31.3 Å². The summed E-state index contributed by atoms with van der Waals surface area (Å²) in [5.41, 5.74) is 0.812. The Kier molecular flexibility index (Phi) is 3.99. The molecule has 2 aromatic rings. The molecular formula is C14H11BrFN3O3S. The van der Waals surface area contributed by atoms with Gasteiger partial charge in [0.1, 0.15) is 5.82 Å². The number of fused-ring (bicyclic) bond motifs is 1. The Morgan fingerprint density at radius 1 is 1.13 bits per heavy atom. The number of nitrogens with one attached hydrogen (secondary N) is 3. The SMILES string of the molecule is O=C(Nc1ccccc1Br)Nc1ccc(F)c2c1NS(=O)(=O)C2. The number of carbonyl (C=O) groups is 1. The van der Waals surface area contributed by atoms with Crippen LogP contribution in [0.2, 0.25) is 0 Å². The van der Waals surface area contributed by atoms with Crippen LogP contribution in [0.1, 0.15) is 5.56 Å². The third kappa shape index (κ3) is 3.30. The van der Waals surface area contributed by atoms with Gasteiger partial charge in [-0.1, -0.05) is 12.1 Å². The molecule has 0 bridgehead atoms. The lowest BCUT2D eigenvalue weighted by molar-refractivity contribution is 0.262. The quantitative estimate of drug-likeness (QED) is 0.721. The summed E-state index contributed by atoms with van der Waals surface area (Å²) in [4.78, 5) is 12.1. The van der Waals surface area contributed by atoms with E-state index >= 15 is 0 Å². The van der Waals surface area contributed by atoms with Gasteiger partial charge in [0.2, 0.25) is 10.0 Å². The summed E-state index contributed by atoms with van der Waals surface area (Å²) in [5, 5.41) is 5.14. The first-order chi connectivity index (χ1) is 10.9. The largest absolute Gasteiger partial charge is 0.323 e. The molecule has 0 spiro atoms. The van der Waals surface area contributed by atoms with Crippen LogP contribution in [-0.2, 0) is 15.8 Å². The number of hydrogen-bond donors (Lipinski definition) is 3. The Morgan fingerprint density at radius 2 is 1.83 bits per heavy atom. The number of benzene rings is 2. The van der Waals surface area contributed by atoms with E-state index in [9.17, 15) is 17.6 Å². The van der Waals surface area contributed by atoms with Crippen molar-refractivity contribution >= 4 is 49.0 Å². The Labute approximate surface area is 140 Å². The topological polar surface area (TPSA) is 87.3 Å². The van der Waals surface area contributed by atoms with Gasteiger partial charge in [-0.3, -0.25) is 4.72 Å². The maximum absolute atomic E-state index is 13.7. The standard InChI is InChI=1S/C14H11BrFN3O3S/c15-9-3-1-2-4-11(9)17-14(20)18-12-6-5-10(16)8-7-23(21,22)19-13(8)12/h1-6,19H,7H2,(H2,17,18,20). The first kappa shape index (κ1) is 15.8. The van der Waals surface area contributed by atoms with Crippen molar-refractivity contribution in [2.75, 3.05) is 15.4 Å². The normalized spacial score (nSPS) is 14.7. The van der Waals surface area contributed by atoms with Crippen molar-refractivity contribution in [3.63, 3.8) is 0 Å². The van der Waals surface area contributed by atoms with E-state index in [1.807, 2.05) is 0 Å². The molecule has 120 valence electrons. The van der Waals surface area contributed by atoms with Gasteiger partial charge in [0, 0.05) is 10.0 Å². The minimum atomic E-state index is -3.62. The van der Waals surface area contributed by atoms with Gasteiger partial charge in [0.05, 0.1) is 22.8 Å². The first-order valence-corrected chi connectivity index (χ1v) is 8.95. The van der Waals surface area contributed by atoms with E-state index in [4.69, 9.17) is 0 Å². The van der Waals surface area contributed by atoms with Crippen LogP contribution >= 0.6 is 15.9 Å². The zero-order valence-corrected chi connectivity index (χ0v) is 14.0. The van der Waals surface area contributed by atoms with E-state index in [0.29, 0.717) is 10.2 Å². The molecule has 0 fully saturated rings. The lowest BCUT2D eigenvalue weighted by atomic mass is 10.1. The smallest absolute Gasteiger partial charge is 0.307 e. The number of urea groups is 1. The summed E-state index contributed by atoms with van der Waals surface area (Å²) in [5.74, 6) is -1.08. The monoisotopic (exact) mass is 399 g/mol. The van der Waals surface area contributed by atoms with Crippen molar-refractivity contribution in [2.45, 2.75) is 5.75 Å². The van der Waals surface area contributed by atoms with E-state index in [-0.39, 0.29) is 16.9 Å². The fraction of sp³-hybridized carbons (Fsp3) is 0.0714. The second-order valence-electron chi connectivity index (χ2n) is 4.87. The molecule has 0 saturated carbocycles.